The summed E-state index contributed by atoms with van der Waals surface area (Å²) in [6.07, 6.45) is 7.04. The Kier molecular flexibility index (Phi) is 7.34. The van der Waals surface area contributed by atoms with Crippen LogP contribution in [0, 0.1) is 0 Å². The number of nitrogens with one attached hydrogen (secondary N) is 1. The van der Waals surface area contributed by atoms with E-state index in [2.05, 4.69) is 20.2 Å². The van der Waals surface area contributed by atoms with Crippen molar-refractivity contribution in [1.29, 1.82) is 0 Å². The van der Waals surface area contributed by atoms with E-state index in [1.54, 1.807) is 12.1 Å². The van der Waals surface area contributed by atoms with Crippen LogP contribution in [0.15, 0.2) is 30.6 Å². The van der Waals surface area contributed by atoms with Gasteiger partial charge in [-0.1, -0.05) is 18.0 Å². The first-order valence-electron chi connectivity index (χ1n) is 13.0. The summed E-state index contributed by atoms with van der Waals surface area (Å²) in [6.45, 7) is 5.31. The molecule has 0 atom stereocenters. The Labute approximate surface area is 221 Å². The lowest BCUT2D eigenvalue weighted by Gasteiger charge is -2.26. The lowest BCUT2D eigenvalue weighted by atomic mass is 10.1. The highest BCUT2D eigenvalue weighted by Crippen LogP contribution is 2.46. The maximum Gasteiger partial charge on any atom is 0.231 e. The summed E-state index contributed by atoms with van der Waals surface area (Å²) < 4.78 is 29.5. The Morgan fingerprint density at radius 3 is 2.78 bits per heavy atom. The molecule has 1 aromatic heterocycles. The van der Waals surface area contributed by atoms with E-state index in [0.717, 1.165) is 49.1 Å². The molecule has 9 nitrogen and oxygen atoms in total. The number of likely N-dealkylation sites (tertiary alicyclic amines) is 1. The number of benzene rings is 2. The van der Waals surface area contributed by atoms with Gasteiger partial charge in [-0.3, -0.25) is 4.90 Å². The first kappa shape index (κ1) is 24.3. The van der Waals surface area contributed by atoms with Crippen molar-refractivity contribution < 1.29 is 23.7 Å². The van der Waals surface area contributed by atoms with Gasteiger partial charge in [-0.2, -0.15) is 0 Å². The molecule has 0 saturated carbocycles. The van der Waals surface area contributed by atoms with E-state index in [-0.39, 0.29) is 12.9 Å². The number of fused-ring (bicyclic) bond motifs is 2. The molecule has 0 amide bonds. The first-order valence-corrected chi connectivity index (χ1v) is 13.4. The van der Waals surface area contributed by atoms with Crippen molar-refractivity contribution in [3.63, 3.8) is 0 Å². The minimum Gasteiger partial charge on any atom is -0.492 e. The van der Waals surface area contributed by atoms with Crippen molar-refractivity contribution in [2.24, 2.45) is 0 Å². The molecule has 0 spiro atoms. The second-order valence-electron chi connectivity index (χ2n) is 9.50. The number of aromatic nitrogens is 2. The van der Waals surface area contributed by atoms with Crippen molar-refractivity contribution in [3.05, 3.63) is 35.6 Å². The largest absolute Gasteiger partial charge is 0.492 e. The third-order valence-electron chi connectivity index (χ3n) is 6.99. The van der Waals surface area contributed by atoms with Gasteiger partial charge in [-0.25, -0.2) is 9.97 Å². The second-order valence-corrected chi connectivity index (χ2v) is 9.91. The van der Waals surface area contributed by atoms with Gasteiger partial charge in [0.15, 0.2) is 11.5 Å². The number of piperidine rings is 1. The molecule has 0 unspecified atom stereocenters. The number of nitrogens with zero attached hydrogens (tertiary/aromatic N) is 3. The summed E-state index contributed by atoms with van der Waals surface area (Å²) in [6, 6.07) is 7.45. The van der Waals surface area contributed by atoms with Gasteiger partial charge in [-0.05, 0) is 38.1 Å². The zero-order chi connectivity index (χ0) is 25.0. The average Bonchev–Trinajstić information content (AvgIpc) is 3.41. The van der Waals surface area contributed by atoms with E-state index in [9.17, 15) is 0 Å². The molecule has 2 fully saturated rings. The Balaban J connectivity index is 1.32. The van der Waals surface area contributed by atoms with E-state index in [1.807, 2.05) is 12.1 Å². The maximum absolute atomic E-state index is 6.54. The average molecular weight is 527 g/mol. The topological polar surface area (TPSA) is 87.2 Å². The van der Waals surface area contributed by atoms with Crippen molar-refractivity contribution in [2.75, 3.05) is 51.6 Å². The van der Waals surface area contributed by atoms with Crippen LogP contribution in [-0.2, 0) is 4.74 Å². The van der Waals surface area contributed by atoms with Gasteiger partial charge in [0.1, 0.15) is 42.0 Å². The predicted octanol–water partition coefficient (Wildman–Crippen LogP) is 5.18. The van der Waals surface area contributed by atoms with E-state index >= 15 is 0 Å². The molecule has 4 heterocycles. The van der Waals surface area contributed by atoms with Crippen LogP contribution in [-0.4, -0.2) is 67.2 Å². The zero-order valence-electron chi connectivity index (χ0n) is 20.7. The lowest BCUT2D eigenvalue weighted by Crippen LogP contribution is -2.33. The highest BCUT2D eigenvalue weighted by atomic mass is 35.5. The summed E-state index contributed by atoms with van der Waals surface area (Å²) in [7, 11) is 0. The number of halogens is 1. The zero-order valence-corrected chi connectivity index (χ0v) is 21.5. The standard InChI is InChI=1S/C27H31ClN4O5/c28-20-4-5-22-26(36-17-35-22)25(20)31-27-24-21(29-16-30-27)14-19(34-13-10-32-8-2-1-3-9-32)15-23(24)37-18-6-11-33-12-7-18/h4-5,14-16,18H,1-3,6-13,17H2,(H,29,30,31). The van der Waals surface area contributed by atoms with Crippen molar-refractivity contribution in [1.82, 2.24) is 14.9 Å². The van der Waals surface area contributed by atoms with Gasteiger partial charge in [-0.15, -0.1) is 0 Å². The van der Waals surface area contributed by atoms with Gasteiger partial charge in [0, 0.05) is 31.5 Å². The molecule has 37 heavy (non-hydrogen) atoms. The van der Waals surface area contributed by atoms with Crippen LogP contribution in [0.5, 0.6) is 23.0 Å². The minimum atomic E-state index is 0.0369. The maximum atomic E-state index is 6.54. The van der Waals surface area contributed by atoms with Crippen LogP contribution < -0.4 is 24.3 Å². The summed E-state index contributed by atoms with van der Waals surface area (Å²) >= 11 is 6.54. The Morgan fingerprint density at radius 1 is 1.05 bits per heavy atom. The van der Waals surface area contributed by atoms with Crippen molar-refractivity contribution in [3.8, 4) is 23.0 Å². The molecule has 6 rings (SSSR count). The molecule has 2 saturated heterocycles. The fourth-order valence-corrected chi connectivity index (χ4v) is 5.23. The molecule has 3 aromatic rings. The van der Waals surface area contributed by atoms with Crippen LogP contribution in [0.4, 0.5) is 11.5 Å². The molecule has 3 aliphatic rings. The third kappa shape index (κ3) is 5.49. The Bertz CT molecular complexity index is 1250. The molecule has 0 radical (unpaired) electrons. The molecule has 0 aliphatic carbocycles. The predicted molar refractivity (Wildman–Crippen MR) is 141 cm³/mol. The van der Waals surface area contributed by atoms with Crippen LogP contribution >= 0.6 is 11.6 Å². The second kappa shape index (κ2) is 11.2. The van der Waals surface area contributed by atoms with Gasteiger partial charge >= 0.3 is 0 Å². The van der Waals surface area contributed by atoms with E-state index in [1.165, 1.54) is 25.6 Å². The highest BCUT2D eigenvalue weighted by Gasteiger charge is 2.24. The fraction of sp³-hybridized carbons (Fsp3) is 0.481. The van der Waals surface area contributed by atoms with Gasteiger partial charge in [0.05, 0.1) is 29.1 Å². The summed E-state index contributed by atoms with van der Waals surface area (Å²) in [5, 5.41) is 4.61. The number of ether oxygens (including phenoxy) is 5. The molecule has 196 valence electrons. The molecule has 0 bridgehead atoms. The van der Waals surface area contributed by atoms with Crippen molar-refractivity contribution >= 4 is 34.0 Å². The van der Waals surface area contributed by atoms with E-state index in [4.69, 9.17) is 35.3 Å². The quantitative estimate of drug-likeness (QED) is 0.426. The highest BCUT2D eigenvalue weighted by molar-refractivity contribution is 6.34. The molecular weight excluding hydrogens is 496 g/mol. The smallest absolute Gasteiger partial charge is 0.231 e. The number of anilines is 2. The Morgan fingerprint density at radius 2 is 1.92 bits per heavy atom. The van der Waals surface area contributed by atoms with E-state index in [0.29, 0.717) is 53.6 Å². The van der Waals surface area contributed by atoms with Gasteiger partial charge in [0.25, 0.3) is 0 Å². The number of hydrogen-bond acceptors (Lipinski definition) is 9. The number of rotatable bonds is 8. The number of hydrogen-bond donors (Lipinski definition) is 1. The van der Waals surface area contributed by atoms with Crippen LogP contribution in [0.2, 0.25) is 5.02 Å². The van der Waals surface area contributed by atoms with Crippen LogP contribution in [0.1, 0.15) is 32.1 Å². The molecule has 10 heteroatoms. The third-order valence-corrected chi connectivity index (χ3v) is 7.31. The van der Waals surface area contributed by atoms with Crippen LogP contribution in [0.3, 0.4) is 0 Å². The molecular formula is C27H31ClN4O5. The van der Waals surface area contributed by atoms with Crippen LogP contribution in [0.25, 0.3) is 10.9 Å². The molecule has 1 N–H and O–H groups in total. The van der Waals surface area contributed by atoms with Crippen molar-refractivity contribution in [2.45, 2.75) is 38.2 Å². The fourth-order valence-electron chi connectivity index (χ4n) is 5.03. The van der Waals surface area contributed by atoms with Gasteiger partial charge in [0.2, 0.25) is 6.79 Å². The summed E-state index contributed by atoms with van der Waals surface area (Å²) in [4.78, 5) is 11.6. The first-order chi connectivity index (χ1) is 18.2. The Hall–Kier alpha value is -3.01. The summed E-state index contributed by atoms with van der Waals surface area (Å²) in [5.41, 5.74) is 1.31. The normalized spacial score (nSPS) is 18.2. The lowest BCUT2D eigenvalue weighted by molar-refractivity contribution is 0.0261. The van der Waals surface area contributed by atoms with Gasteiger partial charge < -0.3 is 29.0 Å². The molecule has 2 aromatic carbocycles. The molecule has 3 aliphatic heterocycles. The summed E-state index contributed by atoms with van der Waals surface area (Å²) in [5.74, 6) is 3.16. The minimum absolute atomic E-state index is 0.0369. The monoisotopic (exact) mass is 526 g/mol. The SMILES string of the molecule is Clc1ccc2c(c1Nc1ncnc3cc(OCCN4CCCCC4)cc(OC4CCOCC4)c13)OCO2. The van der Waals surface area contributed by atoms with E-state index < -0.39 is 0 Å².